The molecule has 0 amide bonds. The molecule has 0 saturated carbocycles. The summed E-state index contributed by atoms with van der Waals surface area (Å²) in [7, 11) is 0. The van der Waals surface area contributed by atoms with Gasteiger partial charge in [-0.1, -0.05) is 6.92 Å². The van der Waals surface area contributed by atoms with Crippen molar-refractivity contribution in [1.82, 2.24) is 4.90 Å². The lowest BCUT2D eigenvalue weighted by Gasteiger charge is -2.40. The van der Waals surface area contributed by atoms with Crippen LogP contribution in [0.2, 0.25) is 0 Å². The molecule has 2 nitrogen and oxygen atoms in total. The Bertz CT molecular complexity index is 190. The smallest absolute Gasteiger partial charge is 0.135 e. The van der Waals surface area contributed by atoms with E-state index in [4.69, 9.17) is 0 Å². The van der Waals surface area contributed by atoms with E-state index in [0.717, 1.165) is 25.3 Å². The Labute approximate surface area is 73.9 Å². The van der Waals surface area contributed by atoms with Crippen molar-refractivity contribution < 1.29 is 4.79 Å². The van der Waals surface area contributed by atoms with E-state index in [1.165, 1.54) is 19.4 Å². The van der Waals surface area contributed by atoms with Gasteiger partial charge in [-0.25, -0.2) is 0 Å². The van der Waals surface area contributed by atoms with Crippen molar-refractivity contribution in [2.75, 3.05) is 13.1 Å². The second-order valence-corrected chi connectivity index (χ2v) is 4.31. The third kappa shape index (κ3) is 1.53. The van der Waals surface area contributed by atoms with Crippen molar-refractivity contribution in [3.63, 3.8) is 0 Å². The van der Waals surface area contributed by atoms with Gasteiger partial charge in [0.25, 0.3) is 0 Å². The van der Waals surface area contributed by atoms with Gasteiger partial charge in [-0.15, -0.1) is 0 Å². The molecule has 0 N–H and O–H groups in total. The predicted molar refractivity (Wildman–Crippen MR) is 48.0 cm³/mol. The van der Waals surface area contributed by atoms with Crippen molar-refractivity contribution in [1.29, 1.82) is 0 Å². The standard InChI is InChI=1S/C10H17NO/c1-8-2-4-11-5-3-10(12)7-9(11)6-8/h8-9H,2-7H2,1H3/t8-,9-/m1/s1. The van der Waals surface area contributed by atoms with Gasteiger partial charge in [0.2, 0.25) is 0 Å². The van der Waals surface area contributed by atoms with Crippen LogP contribution in [-0.2, 0) is 4.79 Å². The molecule has 2 rings (SSSR count). The van der Waals surface area contributed by atoms with E-state index >= 15 is 0 Å². The van der Waals surface area contributed by atoms with Gasteiger partial charge in [-0.05, 0) is 25.3 Å². The van der Waals surface area contributed by atoms with Gasteiger partial charge in [0.05, 0.1) is 0 Å². The zero-order valence-electron chi connectivity index (χ0n) is 7.75. The van der Waals surface area contributed by atoms with Crippen molar-refractivity contribution >= 4 is 5.78 Å². The van der Waals surface area contributed by atoms with E-state index in [-0.39, 0.29) is 0 Å². The highest BCUT2D eigenvalue weighted by atomic mass is 16.1. The maximum absolute atomic E-state index is 11.2. The highest BCUT2D eigenvalue weighted by Gasteiger charge is 2.31. The van der Waals surface area contributed by atoms with Crippen LogP contribution in [0.5, 0.6) is 0 Å². The van der Waals surface area contributed by atoms with Crippen LogP contribution in [0.25, 0.3) is 0 Å². The van der Waals surface area contributed by atoms with Crippen LogP contribution in [0.3, 0.4) is 0 Å². The Hall–Kier alpha value is -0.370. The lowest BCUT2D eigenvalue weighted by Crippen LogP contribution is -2.47. The molecule has 2 aliphatic rings. The number of fused-ring (bicyclic) bond motifs is 1. The molecular formula is C10H17NO. The summed E-state index contributed by atoms with van der Waals surface area (Å²) in [5, 5.41) is 0. The lowest BCUT2D eigenvalue weighted by molar-refractivity contribution is -0.124. The molecule has 2 saturated heterocycles. The van der Waals surface area contributed by atoms with Crippen molar-refractivity contribution in [3.8, 4) is 0 Å². The summed E-state index contributed by atoms with van der Waals surface area (Å²) in [6, 6.07) is 0.593. The molecule has 2 heteroatoms. The first-order chi connectivity index (χ1) is 5.75. The fourth-order valence-corrected chi connectivity index (χ4v) is 2.44. The highest BCUT2D eigenvalue weighted by Crippen LogP contribution is 2.27. The maximum Gasteiger partial charge on any atom is 0.135 e. The van der Waals surface area contributed by atoms with Gasteiger partial charge < -0.3 is 0 Å². The van der Waals surface area contributed by atoms with Crippen LogP contribution in [0.1, 0.15) is 32.6 Å². The third-order valence-electron chi connectivity index (χ3n) is 3.24. The SMILES string of the molecule is C[C@@H]1CCN2CCC(=O)C[C@H]2C1. The van der Waals surface area contributed by atoms with Crippen molar-refractivity contribution in [2.24, 2.45) is 5.92 Å². The van der Waals surface area contributed by atoms with Crippen LogP contribution < -0.4 is 0 Å². The summed E-state index contributed by atoms with van der Waals surface area (Å²) in [5.41, 5.74) is 0. The van der Waals surface area contributed by atoms with Gasteiger partial charge in [-0.3, -0.25) is 9.69 Å². The average molecular weight is 167 g/mol. The maximum atomic E-state index is 11.2. The van der Waals surface area contributed by atoms with Crippen LogP contribution in [0, 0.1) is 5.92 Å². The second kappa shape index (κ2) is 3.17. The molecule has 68 valence electrons. The van der Waals surface area contributed by atoms with Gasteiger partial charge in [0, 0.05) is 25.4 Å². The molecular weight excluding hydrogens is 150 g/mol. The molecule has 12 heavy (non-hydrogen) atoms. The number of hydrogen-bond acceptors (Lipinski definition) is 2. The molecule has 2 atom stereocenters. The van der Waals surface area contributed by atoms with Crippen LogP contribution >= 0.6 is 0 Å². The minimum absolute atomic E-state index is 0.477. The first-order valence-corrected chi connectivity index (χ1v) is 5.01. The molecule has 2 fully saturated rings. The van der Waals surface area contributed by atoms with Crippen LogP contribution in [0.4, 0.5) is 0 Å². The molecule has 0 bridgehead atoms. The minimum Gasteiger partial charge on any atom is -0.300 e. The largest absolute Gasteiger partial charge is 0.300 e. The number of rotatable bonds is 0. The topological polar surface area (TPSA) is 20.3 Å². The molecule has 0 aromatic carbocycles. The summed E-state index contributed by atoms with van der Waals surface area (Å²) in [6.07, 6.45) is 4.19. The van der Waals surface area contributed by atoms with E-state index in [9.17, 15) is 4.79 Å². The summed E-state index contributed by atoms with van der Waals surface area (Å²) in [4.78, 5) is 13.7. The third-order valence-corrected chi connectivity index (χ3v) is 3.24. The number of carbonyl (C=O) groups excluding carboxylic acids is 1. The monoisotopic (exact) mass is 167 g/mol. The van der Waals surface area contributed by atoms with Gasteiger partial charge in [0.15, 0.2) is 0 Å². The van der Waals surface area contributed by atoms with Crippen LogP contribution in [-0.4, -0.2) is 29.8 Å². The quantitative estimate of drug-likeness (QED) is 0.544. The molecule has 0 aromatic heterocycles. The Morgan fingerprint density at radius 3 is 3.08 bits per heavy atom. The summed E-state index contributed by atoms with van der Waals surface area (Å²) in [6.45, 7) is 4.55. The van der Waals surface area contributed by atoms with E-state index in [0.29, 0.717) is 11.8 Å². The van der Waals surface area contributed by atoms with Gasteiger partial charge in [0.1, 0.15) is 5.78 Å². The van der Waals surface area contributed by atoms with E-state index in [2.05, 4.69) is 11.8 Å². The predicted octanol–water partition coefficient (Wildman–Crippen LogP) is 1.45. The Morgan fingerprint density at radius 1 is 1.42 bits per heavy atom. The Kier molecular flexibility index (Phi) is 2.18. The number of hydrogen-bond donors (Lipinski definition) is 0. The Balaban J connectivity index is 1.99. The van der Waals surface area contributed by atoms with E-state index < -0.39 is 0 Å². The molecule has 0 aromatic rings. The summed E-state index contributed by atoms with van der Waals surface area (Å²) < 4.78 is 0. The summed E-state index contributed by atoms with van der Waals surface area (Å²) in [5.74, 6) is 1.31. The number of nitrogens with zero attached hydrogens (tertiary/aromatic N) is 1. The zero-order chi connectivity index (χ0) is 8.55. The Morgan fingerprint density at radius 2 is 2.25 bits per heavy atom. The lowest BCUT2D eigenvalue weighted by atomic mass is 9.87. The zero-order valence-corrected chi connectivity index (χ0v) is 7.75. The fourth-order valence-electron chi connectivity index (χ4n) is 2.44. The average Bonchev–Trinajstić information content (AvgIpc) is 2.03. The fraction of sp³-hybridized carbons (Fsp3) is 0.900. The van der Waals surface area contributed by atoms with Crippen molar-refractivity contribution in [3.05, 3.63) is 0 Å². The van der Waals surface area contributed by atoms with Gasteiger partial charge in [-0.2, -0.15) is 0 Å². The van der Waals surface area contributed by atoms with Crippen LogP contribution in [0.15, 0.2) is 0 Å². The highest BCUT2D eigenvalue weighted by molar-refractivity contribution is 5.80. The second-order valence-electron chi connectivity index (χ2n) is 4.31. The number of carbonyl (C=O) groups is 1. The number of piperidine rings is 2. The molecule has 2 heterocycles. The first kappa shape index (κ1) is 8.24. The first-order valence-electron chi connectivity index (χ1n) is 5.01. The minimum atomic E-state index is 0.477. The number of Topliss-reactive ketones (excluding diaryl/α,β-unsaturated/α-hetero) is 1. The molecule has 0 aliphatic carbocycles. The molecule has 0 unspecified atom stereocenters. The van der Waals surface area contributed by atoms with E-state index in [1.807, 2.05) is 0 Å². The molecule has 0 radical (unpaired) electrons. The number of ketones is 1. The molecule has 2 aliphatic heterocycles. The van der Waals surface area contributed by atoms with Gasteiger partial charge >= 0.3 is 0 Å². The summed E-state index contributed by atoms with van der Waals surface area (Å²) >= 11 is 0. The molecule has 0 spiro atoms. The normalized spacial score (nSPS) is 37.9. The van der Waals surface area contributed by atoms with E-state index in [1.54, 1.807) is 0 Å². The van der Waals surface area contributed by atoms with Crippen molar-refractivity contribution in [2.45, 2.75) is 38.6 Å².